The Labute approximate surface area is 219 Å². The number of H-pyrrole nitrogens is 1. The Bertz CT molecular complexity index is 1340. The summed E-state index contributed by atoms with van der Waals surface area (Å²) in [5.74, 6) is 1.52. The maximum atomic E-state index is 13.5. The number of phosphoric acid groups is 1. The smallest absolute Gasteiger partial charge is 0.370 e. The number of imidazole rings is 1. The average Bonchev–Trinajstić information content (AvgIpc) is 3.47. The molecule has 36 heavy (non-hydrogen) atoms. The van der Waals surface area contributed by atoms with E-state index in [2.05, 4.69) is 15.0 Å². The number of hydrogen-bond acceptors (Lipinski definition) is 12. The average molecular weight is 570 g/mol. The van der Waals surface area contributed by atoms with Crippen molar-refractivity contribution in [3.63, 3.8) is 0 Å². The number of hydrogen-bond donors (Lipinski definition) is 2. The zero-order valence-corrected chi connectivity index (χ0v) is 22.3. The number of aromatic amines is 1. The van der Waals surface area contributed by atoms with Crippen molar-refractivity contribution in [3.05, 3.63) is 46.9 Å². The summed E-state index contributed by atoms with van der Waals surface area (Å²) < 4.78 is 45.4. The monoisotopic (exact) mass is 569 g/mol. The second kappa shape index (κ2) is 10.4. The predicted molar refractivity (Wildman–Crippen MR) is 139 cm³/mol. The van der Waals surface area contributed by atoms with Crippen molar-refractivity contribution in [2.75, 3.05) is 23.8 Å². The van der Waals surface area contributed by atoms with E-state index in [0.29, 0.717) is 40.3 Å². The highest BCUT2D eigenvalue weighted by atomic mass is 33.1. The Hall–Kier alpha value is -1.48. The molecule has 0 unspecified atom stereocenters. The fourth-order valence-corrected chi connectivity index (χ4v) is 8.73. The number of anilines is 1. The van der Waals surface area contributed by atoms with Gasteiger partial charge in [0.2, 0.25) is 5.95 Å². The predicted octanol–water partition coefficient (Wildman–Crippen LogP) is 4.25. The molecule has 15 heteroatoms. The molecule has 0 aliphatic carbocycles. The Kier molecular flexibility index (Phi) is 7.14. The van der Waals surface area contributed by atoms with Gasteiger partial charge in [-0.25, -0.2) is 9.55 Å². The van der Waals surface area contributed by atoms with Crippen LogP contribution in [0.2, 0.25) is 0 Å². The van der Waals surface area contributed by atoms with Crippen molar-refractivity contribution >= 4 is 58.7 Å². The van der Waals surface area contributed by atoms with Gasteiger partial charge in [0.25, 0.3) is 0 Å². The van der Waals surface area contributed by atoms with Crippen molar-refractivity contribution in [2.24, 2.45) is 0 Å². The van der Waals surface area contributed by atoms with Gasteiger partial charge < -0.3 is 20.2 Å². The summed E-state index contributed by atoms with van der Waals surface area (Å²) in [6, 6.07) is 9.92. The Morgan fingerprint density at radius 3 is 2.86 bits per heavy atom. The summed E-state index contributed by atoms with van der Waals surface area (Å²) in [7, 11) is -0.456. The summed E-state index contributed by atoms with van der Waals surface area (Å²) in [4.78, 5) is 11.4. The van der Waals surface area contributed by atoms with Gasteiger partial charge in [-0.05, 0) is 5.56 Å². The third kappa shape index (κ3) is 5.11. The summed E-state index contributed by atoms with van der Waals surface area (Å²) in [6.07, 6.45) is 0.0263. The topological polar surface area (TPSA) is 136 Å². The highest BCUT2D eigenvalue weighted by Crippen LogP contribution is 2.58. The molecule has 0 radical (unpaired) electrons. The minimum atomic E-state index is -3.82. The molecule has 6 rings (SSSR count). The SMILES string of the molecule is Nc1nc2c(ncn2[C@H]2C[C@@H]3O[P@@](=O)(O[C@@H]4CSSC[C@@H]4OCc4ccccc4)OC[C@H]3O2)c(=S)[nH]1. The van der Waals surface area contributed by atoms with Crippen LogP contribution in [0.25, 0.3) is 11.2 Å². The maximum absolute atomic E-state index is 13.5. The van der Waals surface area contributed by atoms with E-state index in [1.54, 1.807) is 32.5 Å². The van der Waals surface area contributed by atoms with Crippen molar-refractivity contribution in [1.82, 2.24) is 19.5 Å². The first kappa shape index (κ1) is 24.8. The Balaban J connectivity index is 1.12. The molecule has 0 bridgehead atoms. The fourth-order valence-electron chi connectivity index (χ4n) is 4.34. The van der Waals surface area contributed by atoms with Crippen LogP contribution in [0, 0.1) is 4.64 Å². The van der Waals surface area contributed by atoms with Gasteiger partial charge in [0.15, 0.2) is 5.65 Å². The Morgan fingerprint density at radius 1 is 1.22 bits per heavy atom. The van der Waals surface area contributed by atoms with Gasteiger partial charge in [0, 0.05) is 17.9 Å². The van der Waals surface area contributed by atoms with Gasteiger partial charge in [0.1, 0.15) is 34.7 Å². The maximum Gasteiger partial charge on any atom is 0.475 e. The third-order valence-electron chi connectivity index (χ3n) is 6.14. The third-order valence-corrected chi connectivity index (χ3v) is 10.4. The molecule has 3 fully saturated rings. The number of nitrogens with zero attached hydrogens (tertiary/aromatic N) is 3. The molecule has 3 saturated heterocycles. The van der Waals surface area contributed by atoms with Crippen LogP contribution in [-0.4, -0.2) is 62.0 Å². The molecule has 1 aromatic carbocycles. The van der Waals surface area contributed by atoms with Crippen LogP contribution < -0.4 is 5.73 Å². The van der Waals surface area contributed by atoms with Gasteiger partial charge >= 0.3 is 7.82 Å². The quantitative estimate of drug-likeness (QED) is 0.250. The van der Waals surface area contributed by atoms with Gasteiger partial charge in [-0.3, -0.25) is 18.1 Å². The van der Waals surface area contributed by atoms with Crippen molar-refractivity contribution in [2.45, 2.75) is 43.7 Å². The first-order valence-electron chi connectivity index (χ1n) is 11.4. The zero-order valence-electron chi connectivity index (χ0n) is 18.9. The van der Waals surface area contributed by atoms with Crippen molar-refractivity contribution in [3.8, 4) is 0 Å². The van der Waals surface area contributed by atoms with E-state index in [1.807, 2.05) is 30.3 Å². The Morgan fingerprint density at radius 2 is 2.03 bits per heavy atom. The summed E-state index contributed by atoms with van der Waals surface area (Å²) in [5, 5.41) is 0. The van der Waals surface area contributed by atoms with Crippen LogP contribution in [0.15, 0.2) is 36.7 Å². The van der Waals surface area contributed by atoms with Crippen LogP contribution in [0.4, 0.5) is 5.95 Å². The van der Waals surface area contributed by atoms with E-state index in [1.165, 1.54) is 0 Å². The fraction of sp³-hybridized carbons (Fsp3) is 0.476. The minimum Gasteiger partial charge on any atom is -0.370 e. The van der Waals surface area contributed by atoms with Crippen LogP contribution in [-0.2, 0) is 34.2 Å². The van der Waals surface area contributed by atoms with Crippen LogP contribution in [0.3, 0.4) is 0 Å². The number of phosphoric ester groups is 1. The molecule has 3 N–H and O–H groups in total. The highest BCUT2D eigenvalue weighted by molar-refractivity contribution is 8.76. The lowest BCUT2D eigenvalue weighted by Gasteiger charge is -2.35. The molecule has 5 heterocycles. The van der Waals surface area contributed by atoms with E-state index >= 15 is 0 Å². The summed E-state index contributed by atoms with van der Waals surface area (Å²) >= 11 is 5.29. The number of aromatic nitrogens is 4. The molecular formula is C21H24N5O6PS3. The standard InChI is InChI=1S/C21H24N5O6PS3/c22-21-24-19-18(20(34)25-21)23-11-26(19)17-6-13-14(30-17)8-29-33(27,31-13)32-16-10-36-35-9-15(16)28-7-12-4-2-1-3-5-12/h1-5,11,13-17H,6-10H2,(H3,22,24,25,34)/t13-,14+,15-,16+,17+,33-/m0/s1. The number of benzene rings is 1. The molecule has 3 aromatic rings. The molecule has 0 spiro atoms. The van der Waals surface area contributed by atoms with Gasteiger partial charge in [-0.15, -0.1) is 0 Å². The molecule has 0 saturated carbocycles. The van der Waals surface area contributed by atoms with E-state index in [0.717, 1.165) is 5.56 Å². The number of rotatable bonds is 6. The highest BCUT2D eigenvalue weighted by Gasteiger charge is 2.49. The number of nitrogens with one attached hydrogen (secondary N) is 1. The molecular weight excluding hydrogens is 545 g/mol. The van der Waals surface area contributed by atoms with Crippen molar-refractivity contribution < 1.29 is 27.6 Å². The van der Waals surface area contributed by atoms with E-state index in [9.17, 15) is 4.57 Å². The van der Waals surface area contributed by atoms with Crippen LogP contribution in [0.5, 0.6) is 0 Å². The normalized spacial score (nSPS) is 32.5. The summed E-state index contributed by atoms with van der Waals surface area (Å²) in [6.45, 7) is 0.537. The number of fused-ring (bicyclic) bond motifs is 2. The van der Waals surface area contributed by atoms with Gasteiger partial charge in [-0.1, -0.05) is 64.1 Å². The van der Waals surface area contributed by atoms with Crippen molar-refractivity contribution in [1.29, 1.82) is 0 Å². The minimum absolute atomic E-state index is 0.0882. The molecule has 3 aliphatic rings. The lowest BCUT2D eigenvalue weighted by molar-refractivity contribution is -0.0850. The lowest BCUT2D eigenvalue weighted by Crippen LogP contribution is -2.40. The lowest BCUT2D eigenvalue weighted by atomic mass is 10.2. The van der Waals surface area contributed by atoms with Gasteiger partial charge in [-0.2, -0.15) is 4.98 Å². The first-order valence-corrected chi connectivity index (χ1v) is 15.7. The molecule has 2 aromatic heterocycles. The first-order chi connectivity index (χ1) is 17.5. The molecule has 6 atom stereocenters. The van der Waals surface area contributed by atoms with Gasteiger partial charge in [0.05, 0.1) is 25.6 Å². The van der Waals surface area contributed by atoms with Crippen LogP contribution >= 0.6 is 41.6 Å². The molecule has 192 valence electrons. The van der Waals surface area contributed by atoms with E-state index in [4.69, 9.17) is 41.0 Å². The molecule has 0 amide bonds. The number of ether oxygens (including phenoxy) is 2. The molecule has 3 aliphatic heterocycles. The second-order valence-electron chi connectivity index (χ2n) is 8.57. The number of nitrogen functional groups attached to an aromatic ring is 1. The van der Waals surface area contributed by atoms with Crippen LogP contribution in [0.1, 0.15) is 18.2 Å². The van der Waals surface area contributed by atoms with E-state index in [-0.39, 0.29) is 18.7 Å². The second-order valence-corrected chi connectivity index (χ2v) is 13.1. The van der Waals surface area contributed by atoms with E-state index < -0.39 is 32.4 Å². The number of nitrogens with two attached hydrogens (primary N) is 1. The largest absolute Gasteiger partial charge is 0.475 e. The summed E-state index contributed by atoms with van der Waals surface area (Å²) in [5.41, 5.74) is 7.93. The zero-order chi connectivity index (χ0) is 24.7. The molecule has 11 nitrogen and oxygen atoms in total.